The summed E-state index contributed by atoms with van der Waals surface area (Å²) in [7, 11) is 0. The first-order valence-corrected chi connectivity index (χ1v) is 13.9. The maximum Gasteiger partial charge on any atom is 0.136 e. The highest BCUT2D eigenvalue weighted by molar-refractivity contribution is 6.10. The zero-order valence-electron chi connectivity index (χ0n) is 22.3. The Morgan fingerprint density at radius 1 is 0.463 bits per heavy atom. The summed E-state index contributed by atoms with van der Waals surface area (Å²) in [6, 6.07) is 53.5. The molecule has 0 aliphatic heterocycles. The van der Waals surface area contributed by atoms with Crippen LogP contribution in [0.3, 0.4) is 0 Å². The van der Waals surface area contributed by atoms with Gasteiger partial charge in [-0.3, -0.25) is 0 Å². The van der Waals surface area contributed by atoms with Gasteiger partial charge in [-0.05, 0) is 71.8 Å². The van der Waals surface area contributed by atoms with Gasteiger partial charge in [0.1, 0.15) is 11.8 Å². The molecule has 0 fully saturated rings. The lowest BCUT2D eigenvalue weighted by Gasteiger charge is -2.24. The van der Waals surface area contributed by atoms with Crippen molar-refractivity contribution in [2.45, 2.75) is 0 Å². The lowest BCUT2D eigenvalue weighted by molar-refractivity contribution is 0.616. The Kier molecular flexibility index (Phi) is 5.46. The van der Waals surface area contributed by atoms with Crippen LogP contribution in [-0.2, 0) is 0 Å². The molecule has 0 N–H and O–H groups in total. The Balaban J connectivity index is 1.25. The quantitative estimate of drug-likeness (QED) is 0.222. The van der Waals surface area contributed by atoms with Gasteiger partial charge in [0, 0.05) is 33.2 Å². The molecule has 0 aliphatic carbocycles. The van der Waals surface area contributed by atoms with Gasteiger partial charge in [-0.1, -0.05) is 91.0 Å². The molecule has 0 saturated carbocycles. The number of fused-ring (bicyclic) bond motifs is 4. The molecule has 3 heteroatoms. The number of nitrogens with zero attached hydrogens (tertiary/aromatic N) is 2. The van der Waals surface area contributed by atoms with E-state index in [2.05, 4.69) is 143 Å². The van der Waals surface area contributed by atoms with E-state index in [4.69, 9.17) is 4.42 Å². The van der Waals surface area contributed by atoms with Crippen molar-refractivity contribution in [3.63, 3.8) is 0 Å². The van der Waals surface area contributed by atoms with Gasteiger partial charge in [-0.2, -0.15) is 0 Å². The monoisotopic (exact) mass is 526 g/mol. The molecule has 0 aliphatic rings. The van der Waals surface area contributed by atoms with Crippen LogP contribution in [0.25, 0.3) is 49.6 Å². The fraction of sp³-hybridized carbons (Fsp3) is 0. The van der Waals surface area contributed by atoms with Crippen LogP contribution in [-0.4, -0.2) is 4.57 Å². The van der Waals surface area contributed by atoms with E-state index in [0.717, 1.165) is 33.7 Å². The average Bonchev–Trinajstić information content (AvgIpc) is 3.61. The van der Waals surface area contributed by atoms with Crippen LogP contribution in [0.15, 0.2) is 162 Å². The van der Waals surface area contributed by atoms with Crippen LogP contribution < -0.4 is 4.90 Å². The van der Waals surface area contributed by atoms with E-state index in [1.54, 1.807) is 0 Å². The molecule has 6 aromatic carbocycles. The summed E-state index contributed by atoms with van der Waals surface area (Å²) in [5.74, 6) is 0. The van der Waals surface area contributed by atoms with Gasteiger partial charge in [-0.25, -0.2) is 0 Å². The topological polar surface area (TPSA) is 21.3 Å². The minimum Gasteiger partial charge on any atom is -0.462 e. The van der Waals surface area contributed by atoms with Crippen molar-refractivity contribution in [3.8, 4) is 16.8 Å². The van der Waals surface area contributed by atoms with E-state index >= 15 is 0 Å². The van der Waals surface area contributed by atoms with Crippen molar-refractivity contribution in [1.82, 2.24) is 4.57 Å². The zero-order valence-corrected chi connectivity index (χ0v) is 22.3. The number of anilines is 3. The predicted molar refractivity (Wildman–Crippen MR) is 171 cm³/mol. The summed E-state index contributed by atoms with van der Waals surface area (Å²) in [6.07, 6.45) is 1.85. The summed E-state index contributed by atoms with van der Waals surface area (Å²) in [6.45, 7) is 0. The molecule has 2 heterocycles. The number of benzene rings is 6. The third-order valence-electron chi connectivity index (χ3n) is 7.86. The highest BCUT2D eigenvalue weighted by Gasteiger charge is 2.18. The van der Waals surface area contributed by atoms with Gasteiger partial charge in [0.05, 0.1) is 16.7 Å². The molecule has 8 aromatic rings. The normalized spacial score (nSPS) is 11.4. The lowest BCUT2D eigenvalue weighted by atomic mass is 10.0. The fourth-order valence-corrected chi connectivity index (χ4v) is 5.95. The molecule has 3 nitrogen and oxygen atoms in total. The van der Waals surface area contributed by atoms with Crippen LogP contribution in [0.2, 0.25) is 0 Å². The largest absolute Gasteiger partial charge is 0.462 e. The second-order valence-electron chi connectivity index (χ2n) is 10.3. The highest BCUT2D eigenvalue weighted by atomic mass is 16.3. The van der Waals surface area contributed by atoms with Crippen molar-refractivity contribution < 1.29 is 4.42 Å². The third-order valence-corrected chi connectivity index (χ3v) is 7.86. The molecule has 2 aromatic heterocycles. The molecule has 0 atom stereocenters. The van der Waals surface area contributed by atoms with Crippen molar-refractivity contribution in [2.75, 3.05) is 4.90 Å². The summed E-state index contributed by atoms with van der Waals surface area (Å²) in [5.41, 5.74) is 10.00. The van der Waals surface area contributed by atoms with Crippen molar-refractivity contribution >= 4 is 49.8 Å². The molecule has 0 spiro atoms. The number of hydrogen-bond donors (Lipinski definition) is 0. The Morgan fingerprint density at radius 2 is 1.07 bits per heavy atom. The predicted octanol–water partition coefficient (Wildman–Crippen LogP) is 10.7. The molecular formula is C38H26N2O. The SMILES string of the molecule is c1ccc(N(c2ccc(-c3ccc4c5ccccc5n(-c5ccccc5)c4c3)cc2)c2coc3ccccc23)cc1. The average molecular weight is 527 g/mol. The molecule has 0 saturated heterocycles. The van der Waals surface area contributed by atoms with Crippen molar-refractivity contribution in [1.29, 1.82) is 0 Å². The van der Waals surface area contributed by atoms with Gasteiger partial charge in [0.25, 0.3) is 0 Å². The van der Waals surface area contributed by atoms with Crippen molar-refractivity contribution in [3.05, 3.63) is 158 Å². The van der Waals surface area contributed by atoms with Crippen LogP contribution >= 0.6 is 0 Å². The number of furan rings is 1. The van der Waals surface area contributed by atoms with E-state index < -0.39 is 0 Å². The number of rotatable bonds is 5. The third kappa shape index (κ3) is 3.90. The maximum absolute atomic E-state index is 5.94. The Bertz CT molecular complexity index is 2140. The molecule has 0 bridgehead atoms. The standard InChI is InChI=1S/C38H26N2O/c1-3-11-29(12-4-1)39(37-26-41-38-18-10-8-16-34(37)38)31-22-19-27(20-23-31)28-21-24-33-32-15-7-9-17-35(32)40(36(33)25-28)30-13-5-2-6-14-30/h1-26H. The molecule has 41 heavy (non-hydrogen) atoms. The van der Waals surface area contributed by atoms with E-state index in [-0.39, 0.29) is 0 Å². The van der Waals surface area contributed by atoms with E-state index in [0.29, 0.717) is 0 Å². The lowest BCUT2D eigenvalue weighted by Crippen LogP contribution is -2.09. The van der Waals surface area contributed by atoms with Gasteiger partial charge >= 0.3 is 0 Å². The number of hydrogen-bond acceptors (Lipinski definition) is 2. The first-order valence-electron chi connectivity index (χ1n) is 13.9. The Hall–Kier alpha value is -5.54. The van der Waals surface area contributed by atoms with Gasteiger partial charge < -0.3 is 13.9 Å². The summed E-state index contributed by atoms with van der Waals surface area (Å²) >= 11 is 0. The van der Waals surface area contributed by atoms with Crippen LogP contribution in [0, 0.1) is 0 Å². The first-order chi connectivity index (χ1) is 20.3. The van der Waals surface area contributed by atoms with E-state index in [1.807, 2.05) is 24.5 Å². The Labute approximate surface area is 238 Å². The van der Waals surface area contributed by atoms with Crippen LogP contribution in [0.1, 0.15) is 0 Å². The van der Waals surface area contributed by atoms with Gasteiger partial charge in [0.15, 0.2) is 0 Å². The first kappa shape index (κ1) is 23.4. The number of para-hydroxylation sites is 4. The summed E-state index contributed by atoms with van der Waals surface area (Å²) in [5, 5.41) is 3.60. The fourth-order valence-electron chi connectivity index (χ4n) is 5.95. The molecule has 0 amide bonds. The van der Waals surface area contributed by atoms with E-state index in [1.165, 1.54) is 32.9 Å². The second kappa shape index (κ2) is 9.58. The van der Waals surface area contributed by atoms with Gasteiger partial charge in [-0.15, -0.1) is 0 Å². The number of aromatic nitrogens is 1. The molecule has 0 radical (unpaired) electrons. The van der Waals surface area contributed by atoms with E-state index in [9.17, 15) is 0 Å². The summed E-state index contributed by atoms with van der Waals surface area (Å²) < 4.78 is 8.30. The minimum atomic E-state index is 0.877. The second-order valence-corrected chi connectivity index (χ2v) is 10.3. The molecular weight excluding hydrogens is 500 g/mol. The summed E-state index contributed by atoms with van der Waals surface area (Å²) in [4.78, 5) is 2.26. The maximum atomic E-state index is 5.94. The smallest absolute Gasteiger partial charge is 0.136 e. The zero-order chi connectivity index (χ0) is 27.2. The molecule has 194 valence electrons. The van der Waals surface area contributed by atoms with Gasteiger partial charge in [0.2, 0.25) is 0 Å². The Morgan fingerprint density at radius 3 is 1.88 bits per heavy atom. The van der Waals surface area contributed by atoms with Crippen LogP contribution in [0.5, 0.6) is 0 Å². The van der Waals surface area contributed by atoms with Crippen molar-refractivity contribution in [2.24, 2.45) is 0 Å². The highest BCUT2D eigenvalue weighted by Crippen LogP contribution is 2.41. The molecule has 8 rings (SSSR count). The van der Waals surface area contributed by atoms with Crippen LogP contribution in [0.4, 0.5) is 17.1 Å². The minimum absolute atomic E-state index is 0.877. The molecule has 0 unspecified atom stereocenters.